The summed E-state index contributed by atoms with van der Waals surface area (Å²) in [6, 6.07) is 15.6. The van der Waals surface area contributed by atoms with E-state index in [9.17, 15) is 9.90 Å². The van der Waals surface area contributed by atoms with Crippen LogP contribution in [0.1, 0.15) is 20.8 Å². The Morgan fingerprint density at radius 1 is 0.903 bits per heavy atom. The van der Waals surface area contributed by atoms with Gasteiger partial charge in [0.2, 0.25) is 0 Å². The highest BCUT2D eigenvalue weighted by molar-refractivity contribution is 7.20. The molecule has 4 aromatic rings. The lowest BCUT2D eigenvalue weighted by molar-refractivity contribution is 0.0697. The number of nitrogens with two attached hydrogens (primary N) is 2. The lowest BCUT2D eigenvalue weighted by atomic mass is 10.0. The summed E-state index contributed by atoms with van der Waals surface area (Å²) < 4.78 is 7.03. The minimum atomic E-state index is -1.09. The van der Waals surface area contributed by atoms with Crippen molar-refractivity contribution in [1.29, 1.82) is 10.8 Å². The van der Waals surface area contributed by atoms with Crippen LogP contribution in [0.3, 0.4) is 0 Å². The van der Waals surface area contributed by atoms with Gasteiger partial charge in [0.15, 0.2) is 0 Å². The summed E-state index contributed by atoms with van der Waals surface area (Å²) in [5.74, 6) is -0.241. The van der Waals surface area contributed by atoms with Crippen molar-refractivity contribution in [2.75, 3.05) is 0 Å². The van der Waals surface area contributed by atoms with Gasteiger partial charge >= 0.3 is 5.97 Å². The van der Waals surface area contributed by atoms with Crippen molar-refractivity contribution >= 4 is 63.9 Å². The molecule has 0 saturated heterocycles. The number of hydrogen-bond acceptors (Lipinski definition) is 5. The number of nitrogens with one attached hydrogen (secondary N) is 2. The van der Waals surface area contributed by atoms with Crippen LogP contribution in [0.2, 0.25) is 0 Å². The molecule has 0 aliphatic carbocycles. The molecule has 2 heterocycles. The highest BCUT2D eigenvalue weighted by atomic mass is 35.5. The van der Waals surface area contributed by atoms with Gasteiger partial charge in [-0.25, -0.2) is 4.79 Å². The maximum atomic E-state index is 11.2. The number of carbonyl (C=O) groups is 1. The molecule has 2 aromatic carbocycles. The van der Waals surface area contributed by atoms with Crippen LogP contribution >= 0.6 is 36.2 Å². The molecule has 0 fully saturated rings. The van der Waals surface area contributed by atoms with E-state index >= 15 is 0 Å². The minimum Gasteiger partial charge on any atom is -0.478 e. The normalized spacial score (nSPS) is 10.2. The van der Waals surface area contributed by atoms with Crippen LogP contribution in [-0.4, -0.2) is 22.7 Å². The predicted octanol–water partition coefficient (Wildman–Crippen LogP) is 4.94. The van der Waals surface area contributed by atoms with Crippen molar-refractivity contribution in [1.82, 2.24) is 0 Å². The second kappa shape index (κ2) is 9.22. The molecule has 0 unspecified atom stereocenters. The Morgan fingerprint density at radius 3 is 2.19 bits per heavy atom. The Labute approximate surface area is 193 Å². The van der Waals surface area contributed by atoms with Gasteiger partial charge in [-0.15, -0.1) is 36.2 Å². The first-order valence-corrected chi connectivity index (χ1v) is 9.36. The molecule has 2 aromatic heterocycles. The van der Waals surface area contributed by atoms with E-state index in [2.05, 4.69) is 0 Å². The Balaban J connectivity index is 0.00000171. The van der Waals surface area contributed by atoms with Crippen molar-refractivity contribution in [3.05, 3.63) is 70.6 Å². The van der Waals surface area contributed by atoms with Crippen LogP contribution in [-0.2, 0) is 0 Å². The molecule has 0 atom stereocenters. The quantitative estimate of drug-likeness (QED) is 0.204. The summed E-state index contributed by atoms with van der Waals surface area (Å²) in [6.45, 7) is 0. The molecule has 160 valence electrons. The third-order valence-corrected chi connectivity index (χ3v) is 5.65. The second-order valence-electron chi connectivity index (χ2n) is 6.38. The van der Waals surface area contributed by atoms with Crippen molar-refractivity contribution in [2.24, 2.45) is 11.5 Å². The van der Waals surface area contributed by atoms with Crippen LogP contribution in [0.15, 0.2) is 59.0 Å². The molecule has 0 aliphatic rings. The van der Waals surface area contributed by atoms with E-state index in [4.69, 9.17) is 26.7 Å². The summed E-state index contributed by atoms with van der Waals surface area (Å²) in [5, 5.41) is 25.6. The fourth-order valence-electron chi connectivity index (χ4n) is 3.15. The first-order chi connectivity index (χ1) is 13.8. The van der Waals surface area contributed by atoms with Crippen molar-refractivity contribution in [3.63, 3.8) is 0 Å². The van der Waals surface area contributed by atoms with Gasteiger partial charge < -0.3 is 21.0 Å². The lowest BCUT2D eigenvalue weighted by Crippen LogP contribution is -2.13. The number of carboxylic acids is 1. The first kappa shape index (κ1) is 23.9. The number of benzene rings is 2. The summed E-state index contributed by atoms with van der Waals surface area (Å²) in [6.07, 6.45) is 0. The number of carboxylic acid groups (broad SMARTS) is 1. The van der Waals surface area contributed by atoms with Crippen molar-refractivity contribution < 1.29 is 14.3 Å². The molecule has 4 rings (SSSR count). The summed E-state index contributed by atoms with van der Waals surface area (Å²) in [4.78, 5) is 11.9. The van der Waals surface area contributed by atoms with Crippen LogP contribution in [0.4, 0.5) is 0 Å². The second-order valence-corrected chi connectivity index (χ2v) is 7.47. The molecule has 0 saturated carbocycles. The topological polar surface area (TPSA) is 150 Å². The summed E-state index contributed by atoms with van der Waals surface area (Å²) in [7, 11) is 0. The van der Waals surface area contributed by atoms with E-state index in [0.717, 1.165) is 15.6 Å². The number of fused-ring (bicyclic) bond motifs is 1. The van der Waals surface area contributed by atoms with Crippen molar-refractivity contribution in [3.8, 4) is 22.6 Å². The average molecular weight is 477 g/mol. The molecular weight excluding hydrogens is 459 g/mol. The summed E-state index contributed by atoms with van der Waals surface area (Å²) in [5.41, 5.74) is 13.0. The number of furan rings is 1. The Kier molecular flexibility index (Phi) is 7.12. The standard InChI is InChI=1S/C21H16N4O3S.2ClH/c22-19(23)14-8-10(21(26)27)4-5-12(14)16-7-6-15(28-16)11-2-1-3-17-13(11)9-18(29-17)20(24)25;;/h1-9H,(H3,22,23)(H3,24,25)(H,26,27);2*1H. The minimum absolute atomic E-state index is 0. The Hall–Kier alpha value is -3.33. The fraction of sp³-hybridized carbons (Fsp3) is 0. The van der Waals surface area contributed by atoms with Crippen LogP contribution < -0.4 is 11.5 Å². The molecule has 0 bridgehead atoms. The number of nitrogen functional groups attached to an aromatic ring is 2. The zero-order valence-corrected chi connectivity index (χ0v) is 18.3. The third kappa shape index (κ3) is 4.41. The van der Waals surface area contributed by atoms with Gasteiger partial charge in [0.25, 0.3) is 0 Å². The fourth-order valence-corrected chi connectivity index (χ4v) is 4.10. The number of aromatic carboxylic acids is 1. The maximum Gasteiger partial charge on any atom is 0.335 e. The van der Waals surface area contributed by atoms with E-state index in [-0.39, 0.29) is 42.0 Å². The lowest BCUT2D eigenvalue weighted by Gasteiger charge is -2.07. The maximum absolute atomic E-state index is 11.2. The van der Waals surface area contributed by atoms with Gasteiger partial charge in [0.1, 0.15) is 23.2 Å². The molecule has 0 aliphatic heterocycles. The van der Waals surface area contributed by atoms with Gasteiger partial charge in [0.05, 0.1) is 10.4 Å². The van der Waals surface area contributed by atoms with Gasteiger partial charge in [-0.1, -0.05) is 12.1 Å². The van der Waals surface area contributed by atoms with Crippen LogP contribution in [0, 0.1) is 10.8 Å². The van der Waals surface area contributed by atoms with Gasteiger partial charge in [-0.05, 0) is 42.5 Å². The molecule has 10 heteroatoms. The van der Waals surface area contributed by atoms with E-state index in [1.165, 1.54) is 23.5 Å². The third-order valence-electron chi connectivity index (χ3n) is 4.52. The molecule has 31 heavy (non-hydrogen) atoms. The molecule has 7 N–H and O–H groups in total. The number of thiophene rings is 1. The number of halogens is 2. The monoisotopic (exact) mass is 476 g/mol. The van der Waals surface area contributed by atoms with Crippen molar-refractivity contribution in [2.45, 2.75) is 0 Å². The smallest absolute Gasteiger partial charge is 0.335 e. The zero-order chi connectivity index (χ0) is 20.7. The zero-order valence-electron chi connectivity index (χ0n) is 15.8. The van der Waals surface area contributed by atoms with E-state index in [1.807, 2.05) is 30.3 Å². The van der Waals surface area contributed by atoms with E-state index < -0.39 is 5.97 Å². The highest BCUT2D eigenvalue weighted by Gasteiger charge is 2.17. The Bertz CT molecular complexity index is 1310. The number of hydrogen-bond donors (Lipinski definition) is 5. The van der Waals surface area contributed by atoms with Gasteiger partial charge in [-0.2, -0.15) is 0 Å². The van der Waals surface area contributed by atoms with E-state index in [1.54, 1.807) is 12.1 Å². The van der Waals surface area contributed by atoms with Gasteiger partial charge in [-0.3, -0.25) is 10.8 Å². The summed E-state index contributed by atoms with van der Waals surface area (Å²) >= 11 is 1.44. The molecule has 0 radical (unpaired) electrons. The largest absolute Gasteiger partial charge is 0.478 e. The first-order valence-electron chi connectivity index (χ1n) is 8.54. The molecule has 0 spiro atoms. The Morgan fingerprint density at radius 2 is 1.58 bits per heavy atom. The van der Waals surface area contributed by atoms with E-state index in [0.29, 0.717) is 27.5 Å². The highest BCUT2D eigenvalue weighted by Crippen LogP contribution is 2.37. The molecule has 7 nitrogen and oxygen atoms in total. The molecule has 0 amide bonds. The molecular formula is C21H18Cl2N4O3S. The number of rotatable bonds is 5. The predicted molar refractivity (Wildman–Crippen MR) is 128 cm³/mol. The average Bonchev–Trinajstić information content (AvgIpc) is 3.34. The van der Waals surface area contributed by atoms with Gasteiger partial charge in [0, 0.05) is 26.8 Å². The number of amidine groups is 2. The van der Waals surface area contributed by atoms with Crippen LogP contribution in [0.5, 0.6) is 0 Å². The SMILES string of the molecule is Cl.Cl.N=C(N)c1cc2c(-c3ccc(-c4ccc(C(=O)O)cc4C(=N)N)o3)cccc2s1. The van der Waals surface area contributed by atoms with Crippen LogP contribution in [0.25, 0.3) is 32.7 Å².